The lowest BCUT2D eigenvalue weighted by atomic mass is 10.2. The first-order valence-electron chi connectivity index (χ1n) is 7.21. The van der Waals surface area contributed by atoms with E-state index in [2.05, 4.69) is 45.0 Å². The van der Waals surface area contributed by atoms with E-state index in [9.17, 15) is 4.79 Å². The molecule has 0 bridgehead atoms. The van der Waals surface area contributed by atoms with Crippen molar-refractivity contribution in [3.05, 3.63) is 60.7 Å². The molecule has 0 fully saturated rings. The fourth-order valence-electron chi connectivity index (χ4n) is 2.92. The molecule has 0 saturated carbocycles. The van der Waals surface area contributed by atoms with E-state index in [4.69, 9.17) is 4.43 Å². The summed E-state index contributed by atoms with van der Waals surface area (Å²) in [6.45, 7) is 6.73. The third-order valence-corrected chi connectivity index (χ3v) is 8.79. The van der Waals surface area contributed by atoms with Crippen molar-refractivity contribution in [2.75, 3.05) is 6.61 Å². The summed E-state index contributed by atoms with van der Waals surface area (Å²) in [5.41, 5.74) is 0. The first-order valence-corrected chi connectivity index (χ1v) is 9.12. The molecule has 0 unspecified atom stereocenters. The summed E-state index contributed by atoms with van der Waals surface area (Å²) in [6.07, 6.45) is 0.847. The van der Waals surface area contributed by atoms with Gasteiger partial charge in [0.05, 0.1) is 6.61 Å². The second kappa shape index (κ2) is 6.37. The highest BCUT2D eigenvalue weighted by Crippen LogP contribution is 2.36. The second-order valence-electron chi connectivity index (χ2n) is 6.14. The Morgan fingerprint density at radius 3 is 1.67 bits per heavy atom. The molecular formula is C18H22O2Si. The molecule has 110 valence electrons. The highest BCUT2D eigenvalue weighted by molar-refractivity contribution is 6.99. The molecule has 2 nitrogen and oxygen atoms in total. The lowest BCUT2D eigenvalue weighted by molar-refractivity contribution is -0.109. The Morgan fingerprint density at radius 1 is 0.905 bits per heavy atom. The van der Waals surface area contributed by atoms with E-state index >= 15 is 0 Å². The topological polar surface area (TPSA) is 26.3 Å². The minimum absolute atomic E-state index is 0.0707. The van der Waals surface area contributed by atoms with Gasteiger partial charge in [-0.3, -0.25) is 0 Å². The molecule has 2 aromatic carbocycles. The number of carbonyl (C=O) groups is 1. The van der Waals surface area contributed by atoms with Crippen LogP contribution < -0.4 is 10.4 Å². The molecule has 0 aliphatic heterocycles. The van der Waals surface area contributed by atoms with E-state index in [1.807, 2.05) is 36.4 Å². The Morgan fingerprint density at radius 2 is 1.33 bits per heavy atom. The smallest absolute Gasteiger partial charge is 0.261 e. The Hall–Kier alpha value is -1.71. The van der Waals surface area contributed by atoms with Gasteiger partial charge in [0.25, 0.3) is 8.32 Å². The lowest BCUT2D eigenvalue weighted by Gasteiger charge is -2.42. The molecular weight excluding hydrogens is 276 g/mol. The number of hydrogen-bond acceptors (Lipinski definition) is 2. The van der Waals surface area contributed by atoms with Crippen molar-refractivity contribution in [2.24, 2.45) is 0 Å². The van der Waals surface area contributed by atoms with Crippen molar-refractivity contribution in [2.45, 2.75) is 25.8 Å². The summed E-state index contributed by atoms with van der Waals surface area (Å²) >= 11 is 0. The first-order chi connectivity index (χ1) is 10.0. The molecule has 2 aromatic rings. The molecule has 0 spiro atoms. The average molecular weight is 298 g/mol. The molecule has 0 aromatic heterocycles. The summed E-state index contributed by atoms with van der Waals surface area (Å²) in [4.78, 5) is 10.9. The van der Waals surface area contributed by atoms with Gasteiger partial charge < -0.3 is 9.22 Å². The van der Waals surface area contributed by atoms with Gasteiger partial charge in [0, 0.05) is 0 Å². The summed E-state index contributed by atoms with van der Waals surface area (Å²) in [5.74, 6) is 0. The van der Waals surface area contributed by atoms with Crippen LogP contribution in [0.3, 0.4) is 0 Å². The van der Waals surface area contributed by atoms with E-state index in [1.165, 1.54) is 10.4 Å². The molecule has 0 aliphatic carbocycles. The Balaban J connectivity index is 2.69. The standard InChI is InChI=1S/C18H22O2Si/c1-18(2,3)21(20-15-14-19,16-10-6-4-7-11-16)17-12-8-5-9-13-17/h4-14H,15H2,1-3H3. The quantitative estimate of drug-likeness (QED) is 0.627. The van der Waals surface area contributed by atoms with Crippen LogP contribution in [0.5, 0.6) is 0 Å². The fraction of sp³-hybridized carbons (Fsp3) is 0.278. The molecule has 0 saturated heterocycles. The zero-order chi connectivity index (χ0) is 15.3. The zero-order valence-corrected chi connectivity index (χ0v) is 13.9. The van der Waals surface area contributed by atoms with E-state index in [-0.39, 0.29) is 11.6 Å². The molecule has 21 heavy (non-hydrogen) atoms. The maximum absolute atomic E-state index is 10.9. The first kappa shape index (κ1) is 15.7. The molecule has 0 aliphatic rings. The summed E-state index contributed by atoms with van der Waals surface area (Å²) in [7, 11) is -2.50. The average Bonchev–Trinajstić information content (AvgIpc) is 2.49. The number of benzene rings is 2. The predicted molar refractivity (Wildman–Crippen MR) is 89.6 cm³/mol. The molecule has 0 heterocycles. The Bertz CT molecular complexity index is 534. The summed E-state index contributed by atoms with van der Waals surface area (Å²) < 4.78 is 6.29. The maximum Gasteiger partial charge on any atom is 0.261 e. The van der Waals surface area contributed by atoms with E-state index in [1.54, 1.807) is 0 Å². The SMILES string of the molecule is CC(C)(C)[Si](OCC=O)(c1ccccc1)c1ccccc1. The molecule has 0 N–H and O–H groups in total. The van der Waals surface area contributed by atoms with Crippen LogP contribution in [0.25, 0.3) is 0 Å². The van der Waals surface area contributed by atoms with Crippen LogP contribution in [0.1, 0.15) is 20.8 Å². The highest BCUT2D eigenvalue weighted by atomic mass is 28.4. The fourth-order valence-corrected chi connectivity index (χ4v) is 7.39. The van der Waals surface area contributed by atoms with Gasteiger partial charge in [0.1, 0.15) is 6.29 Å². The third kappa shape index (κ3) is 2.99. The Kier molecular flexibility index (Phi) is 4.75. The summed E-state index contributed by atoms with van der Waals surface area (Å²) in [5, 5.41) is 2.33. The molecule has 2 rings (SSSR count). The molecule has 0 radical (unpaired) electrons. The van der Waals surface area contributed by atoms with Gasteiger partial charge in [-0.2, -0.15) is 0 Å². The number of carbonyl (C=O) groups excluding carboxylic acids is 1. The van der Waals surface area contributed by atoms with Crippen LogP contribution >= 0.6 is 0 Å². The van der Waals surface area contributed by atoms with Gasteiger partial charge in [0.15, 0.2) is 0 Å². The van der Waals surface area contributed by atoms with Gasteiger partial charge in [-0.25, -0.2) is 0 Å². The van der Waals surface area contributed by atoms with Crippen LogP contribution in [-0.4, -0.2) is 21.2 Å². The second-order valence-corrected chi connectivity index (χ2v) is 10.4. The van der Waals surface area contributed by atoms with Gasteiger partial charge in [-0.1, -0.05) is 81.4 Å². The molecule has 0 amide bonds. The normalized spacial score (nSPS) is 12.1. The molecule has 0 atom stereocenters. The van der Waals surface area contributed by atoms with Crippen LogP contribution in [0.4, 0.5) is 0 Å². The maximum atomic E-state index is 10.9. The Labute approximate surface area is 127 Å². The third-order valence-electron chi connectivity index (χ3n) is 3.78. The largest absolute Gasteiger partial charge is 0.400 e. The van der Waals surface area contributed by atoms with Gasteiger partial charge in [0.2, 0.25) is 0 Å². The van der Waals surface area contributed by atoms with Crippen LogP contribution in [0.15, 0.2) is 60.7 Å². The van der Waals surface area contributed by atoms with E-state index in [0.717, 1.165) is 6.29 Å². The van der Waals surface area contributed by atoms with E-state index in [0.29, 0.717) is 0 Å². The van der Waals surface area contributed by atoms with Crippen molar-refractivity contribution in [3.8, 4) is 0 Å². The monoisotopic (exact) mass is 298 g/mol. The van der Waals surface area contributed by atoms with E-state index < -0.39 is 8.32 Å². The number of aldehydes is 1. The van der Waals surface area contributed by atoms with Crippen LogP contribution in [-0.2, 0) is 9.22 Å². The summed E-state index contributed by atoms with van der Waals surface area (Å²) in [6, 6.07) is 20.7. The van der Waals surface area contributed by atoms with Crippen molar-refractivity contribution in [1.29, 1.82) is 0 Å². The predicted octanol–water partition coefficient (Wildman–Crippen LogP) is 2.76. The zero-order valence-electron chi connectivity index (χ0n) is 12.9. The highest BCUT2D eigenvalue weighted by Gasteiger charge is 2.49. The van der Waals surface area contributed by atoms with Crippen molar-refractivity contribution < 1.29 is 9.22 Å². The number of hydrogen-bond donors (Lipinski definition) is 0. The van der Waals surface area contributed by atoms with Crippen LogP contribution in [0.2, 0.25) is 5.04 Å². The van der Waals surface area contributed by atoms with Gasteiger partial charge >= 0.3 is 0 Å². The minimum Gasteiger partial charge on any atom is -0.400 e. The van der Waals surface area contributed by atoms with Crippen LogP contribution in [0, 0.1) is 0 Å². The van der Waals surface area contributed by atoms with Gasteiger partial charge in [-0.05, 0) is 15.4 Å². The minimum atomic E-state index is -2.50. The number of rotatable bonds is 5. The lowest BCUT2D eigenvalue weighted by Crippen LogP contribution is -2.66. The van der Waals surface area contributed by atoms with Crippen molar-refractivity contribution in [3.63, 3.8) is 0 Å². The van der Waals surface area contributed by atoms with Crippen molar-refractivity contribution in [1.82, 2.24) is 0 Å². The van der Waals surface area contributed by atoms with Gasteiger partial charge in [-0.15, -0.1) is 0 Å². The van der Waals surface area contributed by atoms with Crippen molar-refractivity contribution >= 4 is 25.0 Å². The molecule has 3 heteroatoms.